The Balaban J connectivity index is 1.74. The lowest BCUT2D eigenvalue weighted by Gasteiger charge is -2.13. The average molecular weight is 425 g/mol. The third-order valence-electron chi connectivity index (χ3n) is 5.36. The summed E-state index contributed by atoms with van der Waals surface area (Å²) in [5, 5.41) is 12.8. The summed E-state index contributed by atoms with van der Waals surface area (Å²) in [5.41, 5.74) is 5.58. The van der Waals surface area contributed by atoms with Gasteiger partial charge in [-0.15, -0.1) is 0 Å². The molecule has 3 aromatic carbocycles. The highest BCUT2D eigenvalue weighted by Crippen LogP contribution is 2.27. The minimum absolute atomic E-state index is 0.387. The fourth-order valence-electron chi connectivity index (χ4n) is 3.79. The maximum Gasteiger partial charge on any atom is 0.340 e. The molecule has 0 spiro atoms. The summed E-state index contributed by atoms with van der Waals surface area (Å²) in [5.74, 6) is 0.333. The van der Waals surface area contributed by atoms with Gasteiger partial charge in [-0.3, -0.25) is 0 Å². The van der Waals surface area contributed by atoms with Crippen molar-refractivity contribution in [2.75, 3.05) is 19.0 Å². The molecule has 0 aliphatic heterocycles. The number of imidazole rings is 1. The number of hydrogen-bond acceptors (Lipinski definition) is 5. The molecule has 4 aromatic rings. The molecule has 0 fully saturated rings. The number of aromatic nitrogens is 2. The van der Waals surface area contributed by atoms with E-state index in [-0.39, 0.29) is 5.97 Å². The molecular weight excluding hydrogens is 400 g/mol. The third-order valence-corrected chi connectivity index (χ3v) is 5.36. The highest BCUT2D eigenvalue weighted by atomic mass is 16.5. The number of methoxy groups -OCH3 is 1. The highest BCUT2D eigenvalue weighted by molar-refractivity contribution is 6.02. The molecule has 0 radical (unpaired) electrons. The molecule has 0 bridgehead atoms. The van der Waals surface area contributed by atoms with Crippen molar-refractivity contribution in [3.63, 3.8) is 0 Å². The first-order valence-corrected chi connectivity index (χ1v) is 10.6. The first kappa shape index (κ1) is 21.1. The van der Waals surface area contributed by atoms with Crippen LogP contribution in [0.15, 0.2) is 66.7 Å². The number of nitrogens with one attached hydrogen (secondary N) is 1. The normalized spacial score (nSPS) is 10.7. The van der Waals surface area contributed by atoms with Gasteiger partial charge in [-0.2, -0.15) is 5.26 Å². The molecule has 1 N–H and O–H groups in total. The highest BCUT2D eigenvalue weighted by Gasteiger charge is 2.19. The SMILES string of the molecule is CCCNc1nc2cccc(C(=O)OC)c2n1Cc1ccc(-c2ccccc2C#N)cc1. The molecular formula is C26H24N4O2. The summed E-state index contributed by atoms with van der Waals surface area (Å²) in [6.07, 6.45) is 0.958. The number of anilines is 1. The molecule has 1 aromatic heterocycles. The average Bonchev–Trinajstić information content (AvgIpc) is 3.19. The van der Waals surface area contributed by atoms with Gasteiger partial charge in [0.1, 0.15) is 0 Å². The van der Waals surface area contributed by atoms with E-state index in [0.29, 0.717) is 17.7 Å². The standard InChI is InChI=1S/C26H24N4O2/c1-3-15-28-26-29-23-10-6-9-22(25(31)32-2)24(23)30(26)17-18-11-13-19(14-12-18)21-8-5-4-7-20(21)16-27/h4-14H,3,15,17H2,1-2H3,(H,28,29). The Morgan fingerprint density at radius 3 is 2.59 bits per heavy atom. The summed E-state index contributed by atoms with van der Waals surface area (Å²) < 4.78 is 7.02. The zero-order chi connectivity index (χ0) is 22.5. The van der Waals surface area contributed by atoms with Crippen LogP contribution in [0.25, 0.3) is 22.2 Å². The van der Waals surface area contributed by atoms with Gasteiger partial charge < -0.3 is 14.6 Å². The van der Waals surface area contributed by atoms with Gasteiger partial charge in [0.15, 0.2) is 0 Å². The van der Waals surface area contributed by atoms with Gasteiger partial charge in [0.25, 0.3) is 0 Å². The second-order valence-corrected chi connectivity index (χ2v) is 7.47. The molecule has 0 atom stereocenters. The molecule has 0 saturated heterocycles. The van der Waals surface area contributed by atoms with E-state index >= 15 is 0 Å². The predicted molar refractivity (Wildman–Crippen MR) is 126 cm³/mol. The van der Waals surface area contributed by atoms with Gasteiger partial charge in [-0.25, -0.2) is 9.78 Å². The Bertz CT molecular complexity index is 1300. The summed E-state index contributed by atoms with van der Waals surface area (Å²) in [7, 11) is 1.38. The third kappa shape index (κ3) is 4.06. The molecule has 1 heterocycles. The van der Waals surface area contributed by atoms with E-state index in [0.717, 1.165) is 46.6 Å². The van der Waals surface area contributed by atoms with Gasteiger partial charge in [-0.05, 0) is 41.3 Å². The van der Waals surface area contributed by atoms with Crippen molar-refractivity contribution in [3.8, 4) is 17.2 Å². The lowest BCUT2D eigenvalue weighted by atomic mass is 9.99. The second-order valence-electron chi connectivity index (χ2n) is 7.47. The second kappa shape index (κ2) is 9.36. The van der Waals surface area contributed by atoms with Crippen molar-refractivity contribution < 1.29 is 9.53 Å². The van der Waals surface area contributed by atoms with Crippen LogP contribution in [0, 0.1) is 11.3 Å². The Labute approximate surface area is 187 Å². The van der Waals surface area contributed by atoms with E-state index < -0.39 is 0 Å². The number of hydrogen-bond donors (Lipinski definition) is 1. The number of nitrogens with zero attached hydrogens (tertiary/aromatic N) is 3. The van der Waals surface area contributed by atoms with E-state index in [1.807, 2.05) is 65.2 Å². The minimum Gasteiger partial charge on any atom is -0.465 e. The smallest absolute Gasteiger partial charge is 0.340 e. The van der Waals surface area contributed by atoms with Crippen molar-refractivity contribution in [3.05, 3.63) is 83.4 Å². The lowest BCUT2D eigenvalue weighted by Crippen LogP contribution is -2.11. The zero-order valence-electron chi connectivity index (χ0n) is 18.1. The number of para-hydroxylation sites is 1. The summed E-state index contributed by atoms with van der Waals surface area (Å²) in [6, 6.07) is 23.4. The fourth-order valence-corrected chi connectivity index (χ4v) is 3.79. The number of ether oxygens (including phenoxy) is 1. The Kier molecular flexibility index (Phi) is 6.18. The van der Waals surface area contributed by atoms with Crippen LogP contribution in [0.3, 0.4) is 0 Å². The molecule has 4 rings (SSSR count). The van der Waals surface area contributed by atoms with Gasteiger partial charge >= 0.3 is 5.97 Å². The van der Waals surface area contributed by atoms with Crippen molar-refractivity contribution in [2.45, 2.75) is 19.9 Å². The molecule has 32 heavy (non-hydrogen) atoms. The Morgan fingerprint density at radius 1 is 1.09 bits per heavy atom. The molecule has 0 aliphatic rings. The van der Waals surface area contributed by atoms with Crippen molar-refractivity contribution in [2.24, 2.45) is 0 Å². The van der Waals surface area contributed by atoms with E-state index in [2.05, 4.69) is 18.3 Å². The van der Waals surface area contributed by atoms with E-state index in [4.69, 9.17) is 9.72 Å². The number of carbonyl (C=O) groups excluding carboxylic acids is 1. The zero-order valence-corrected chi connectivity index (χ0v) is 18.1. The summed E-state index contributed by atoms with van der Waals surface area (Å²) in [6.45, 7) is 3.41. The first-order chi connectivity index (χ1) is 15.7. The van der Waals surface area contributed by atoms with Gasteiger partial charge in [0.05, 0.1) is 41.9 Å². The predicted octanol–water partition coefficient (Wildman–Crippen LogP) is 5.23. The van der Waals surface area contributed by atoms with Crippen LogP contribution in [0.1, 0.15) is 34.8 Å². The number of carbonyl (C=O) groups is 1. The van der Waals surface area contributed by atoms with E-state index in [9.17, 15) is 10.1 Å². The first-order valence-electron chi connectivity index (χ1n) is 10.6. The van der Waals surface area contributed by atoms with E-state index in [1.165, 1.54) is 7.11 Å². The van der Waals surface area contributed by atoms with Crippen LogP contribution in [-0.4, -0.2) is 29.2 Å². The molecule has 0 saturated carbocycles. The maximum atomic E-state index is 12.4. The van der Waals surface area contributed by atoms with Crippen LogP contribution >= 0.6 is 0 Å². The number of nitriles is 1. The number of benzene rings is 3. The Morgan fingerprint density at radius 2 is 1.88 bits per heavy atom. The van der Waals surface area contributed by atoms with Crippen molar-refractivity contribution in [1.29, 1.82) is 5.26 Å². The van der Waals surface area contributed by atoms with Crippen LogP contribution < -0.4 is 5.32 Å². The molecule has 0 unspecified atom stereocenters. The molecule has 6 nitrogen and oxygen atoms in total. The van der Waals surface area contributed by atoms with Gasteiger partial charge in [-0.1, -0.05) is 55.5 Å². The minimum atomic E-state index is -0.387. The molecule has 0 amide bonds. The molecule has 0 aliphatic carbocycles. The maximum absolute atomic E-state index is 12.4. The van der Waals surface area contributed by atoms with Gasteiger partial charge in [0.2, 0.25) is 5.95 Å². The topological polar surface area (TPSA) is 79.9 Å². The lowest BCUT2D eigenvalue weighted by molar-refractivity contribution is 0.0602. The summed E-state index contributed by atoms with van der Waals surface area (Å²) in [4.78, 5) is 17.1. The molecule has 6 heteroatoms. The van der Waals surface area contributed by atoms with Crippen LogP contribution in [0.2, 0.25) is 0 Å². The monoisotopic (exact) mass is 424 g/mol. The van der Waals surface area contributed by atoms with Crippen molar-refractivity contribution >= 4 is 23.0 Å². The molecule has 160 valence electrons. The number of esters is 1. The Hall–Kier alpha value is -4.11. The quantitative estimate of drug-likeness (QED) is 0.411. The number of rotatable bonds is 7. The van der Waals surface area contributed by atoms with Crippen LogP contribution in [0.5, 0.6) is 0 Å². The van der Waals surface area contributed by atoms with E-state index in [1.54, 1.807) is 6.07 Å². The van der Waals surface area contributed by atoms with Crippen LogP contribution in [-0.2, 0) is 11.3 Å². The summed E-state index contributed by atoms with van der Waals surface area (Å²) >= 11 is 0. The largest absolute Gasteiger partial charge is 0.465 e. The van der Waals surface area contributed by atoms with Crippen LogP contribution in [0.4, 0.5) is 5.95 Å². The van der Waals surface area contributed by atoms with Crippen molar-refractivity contribution in [1.82, 2.24) is 9.55 Å². The fraction of sp³-hybridized carbons (Fsp3) is 0.192. The van der Waals surface area contributed by atoms with Gasteiger partial charge in [0, 0.05) is 6.54 Å². The number of fused-ring (bicyclic) bond motifs is 1.